The molecule has 1 aromatic carbocycles. The first-order chi connectivity index (χ1) is 14.6. The maximum Gasteiger partial charge on any atom is 0.264 e. The quantitative estimate of drug-likeness (QED) is 0.354. The maximum absolute atomic E-state index is 14.5. The SMILES string of the molecule is C[C@@](CCn1ccc2cc(C#CC#CC3CC3CO)c(F)cc21)(C(=O)NO)S(C)(=O)=O. The number of rotatable bonds is 6. The highest BCUT2D eigenvalue weighted by Crippen LogP contribution is 2.36. The number of carbonyl (C=O) groups is 1. The number of sulfone groups is 1. The molecule has 1 saturated carbocycles. The molecule has 1 amide bonds. The van der Waals surface area contributed by atoms with E-state index in [1.807, 2.05) is 0 Å². The average molecular weight is 447 g/mol. The number of fused-ring (bicyclic) bond motifs is 1. The Morgan fingerprint density at radius 3 is 2.74 bits per heavy atom. The van der Waals surface area contributed by atoms with Gasteiger partial charge in [-0.2, -0.15) is 0 Å². The van der Waals surface area contributed by atoms with Crippen LogP contribution < -0.4 is 5.48 Å². The highest BCUT2D eigenvalue weighted by atomic mass is 32.2. The van der Waals surface area contributed by atoms with Gasteiger partial charge in [-0.3, -0.25) is 10.0 Å². The fourth-order valence-corrected chi connectivity index (χ4v) is 4.12. The summed E-state index contributed by atoms with van der Waals surface area (Å²) in [5.74, 6) is 9.78. The first kappa shape index (κ1) is 22.8. The van der Waals surface area contributed by atoms with Crippen molar-refractivity contribution in [3.05, 3.63) is 35.8 Å². The van der Waals surface area contributed by atoms with Crippen LogP contribution in [0.2, 0.25) is 0 Å². The number of carbonyl (C=O) groups excluding carboxylic acids is 1. The molecule has 9 heteroatoms. The van der Waals surface area contributed by atoms with E-state index in [1.54, 1.807) is 22.9 Å². The van der Waals surface area contributed by atoms with Crippen molar-refractivity contribution in [1.82, 2.24) is 10.0 Å². The second-order valence-corrected chi connectivity index (χ2v) is 10.3. The summed E-state index contributed by atoms with van der Waals surface area (Å²) in [7, 11) is -3.82. The van der Waals surface area contributed by atoms with E-state index in [0.717, 1.165) is 12.7 Å². The zero-order valence-corrected chi connectivity index (χ0v) is 18.0. The zero-order valence-electron chi connectivity index (χ0n) is 17.1. The van der Waals surface area contributed by atoms with Crippen LogP contribution in [0.1, 0.15) is 25.3 Å². The molecule has 1 fully saturated rings. The number of nitrogens with one attached hydrogen (secondary N) is 1. The Bertz CT molecular complexity index is 1250. The molecule has 0 bridgehead atoms. The number of amides is 1. The van der Waals surface area contributed by atoms with Crippen LogP contribution in [0.25, 0.3) is 10.9 Å². The number of aliphatic hydroxyl groups is 1. The maximum atomic E-state index is 14.5. The summed E-state index contributed by atoms with van der Waals surface area (Å²) in [6.07, 6.45) is 3.34. The van der Waals surface area contributed by atoms with Gasteiger partial charge in [-0.05, 0) is 61.6 Å². The topological polar surface area (TPSA) is 109 Å². The number of benzene rings is 1. The first-order valence-electron chi connectivity index (χ1n) is 9.65. The Hall–Kier alpha value is -2.85. The van der Waals surface area contributed by atoms with Gasteiger partial charge in [0.25, 0.3) is 5.91 Å². The molecule has 0 radical (unpaired) electrons. The number of nitrogens with zero attached hydrogens (tertiary/aromatic N) is 1. The third-order valence-electron chi connectivity index (χ3n) is 5.76. The number of aromatic nitrogens is 1. The molecular formula is C22H23FN2O5S. The summed E-state index contributed by atoms with van der Waals surface area (Å²) in [5, 5.41) is 18.6. The Balaban J connectivity index is 1.80. The lowest BCUT2D eigenvalue weighted by Gasteiger charge is -2.25. The second kappa shape index (κ2) is 8.72. The number of halogens is 1. The molecule has 3 atom stereocenters. The van der Waals surface area contributed by atoms with Crippen molar-refractivity contribution in [2.24, 2.45) is 11.8 Å². The van der Waals surface area contributed by atoms with Gasteiger partial charge in [-0.15, -0.1) is 0 Å². The average Bonchev–Trinajstić information content (AvgIpc) is 3.39. The minimum absolute atomic E-state index is 0.114. The molecule has 3 rings (SSSR count). The molecule has 31 heavy (non-hydrogen) atoms. The summed E-state index contributed by atoms with van der Waals surface area (Å²) >= 11 is 0. The van der Waals surface area contributed by atoms with E-state index in [4.69, 9.17) is 10.3 Å². The fourth-order valence-electron chi connectivity index (χ4n) is 3.28. The van der Waals surface area contributed by atoms with Gasteiger partial charge in [0.1, 0.15) is 5.82 Å². The molecule has 0 saturated heterocycles. The van der Waals surface area contributed by atoms with Crippen molar-refractivity contribution in [1.29, 1.82) is 0 Å². The van der Waals surface area contributed by atoms with E-state index in [0.29, 0.717) is 10.9 Å². The van der Waals surface area contributed by atoms with Crippen LogP contribution in [-0.2, 0) is 21.2 Å². The lowest BCUT2D eigenvalue weighted by Crippen LogP contribution is -2.49. The Kier molecular flexibility index (Phi) is 6.42. The fraction of sp³-hybridized carbons (Fsp3) is 0.409. The van der Waals surface area contributed by atoms with E-state index in [-0.39, 0.29) is 37.0 Å². The molecule has 1 heterocycles. The minimum atomic E-state index is -3.82. The van der Waals surface area contributed by atoms with Crippen LogP contribution in [0.15, 0.2) is 24.4 Å². The van der Waals surface area contributed by atoms with Crippen molar-refractivity contribution in [3.8, 4) is 23.7 Å². The molecule has 1 aromatic heterocycles. The zero-order chi connectivity index (χ0) is 22.8. The Labute approximate surface area is 180 Å². The molecule has 0 spiro atoms. The molecule has 2 unspecified atom stereocenters. The second-order valence-electron chi connectivity index (χ2n) is 7.90. The van der Waals surface area contributed by atoms with E-state index >= 15 is 0 Å². The summed E-state index contributed by atoms with van der Waals surface area (Å²) < 4.78 is 38.6. The number of hydrogen-bond acceptors (Lipinski definition) is 5. The Morgan fingerprint density at radius 2 is 2.13 bits per heavy atom. The smallest absolute Gasteiger partial charge is 0.264 e. The van der Waals surface area contributed by atoms with Crippen LogP contribution >= 0.6 is 0 Å². The number of hydroxylamine groups is 1. The largest absolute Gasteiger partial charge is 0.396 e. The van der Waals surface area contributed by atoms with Crippen molar-refractivity contribution in [2.75, 3.05) is 12.9 Å². The molecule has 2 aromatic rings. The number of hydrogen-bond donors (Lipinski definition) is 3. The van der Waals surface area contributed by atoms with E-state index in [9.17, 15) is 17.6 Å². The van der Waals surface area contributed by atoms with Crippen molar-refractivity contribution >= 4 is 26.6 Å². The van der Waals surface area contributed by atoms with Gasteiger partial charge in [0.05, 0.1) is 11.1 Å². The molecule has 0 aliphatic heterocycles. The third-order valence-corrected chi connectivity index (χ3v) is 7.79. The van der Waals surface area contributed by atoms with Crippen LogP contribution in [0.5, 0.6) is 0 Å². The normalized spacial score (nSPS) is 19.5. The lowest BCUT2D eigenvalue weighted by molar-refractivity contribution is -0.131. The van der Waals surface area contributed by atoms with Gasteiger partial charge in [0.2, 0.25) is 0 Å². The van der Waals surface area contributed by atoms with Crippen molar-refractivity contribution in [3.63, 3.8) is 0 Å². The summed E-state index contributed by atoms with van der Waals surface area (Å²) in [4.78, 5) is 12.0. The van der Waals surface area contributed by atoms with E-state index in [1.165, 1.54) is 18.5 Å². The van der Waals surface area contributed by atoms with Gasteiger partial charge < -0.3 is 9.67 Å². The van der Waals surface area contributed by atoms with Crippen molar-refractivity contribution < 1.29 is 27.9 Å². The lowest BCUT2D eigenvalue weighted by atomic mass is 10.1. The summed E-state index contributed by atoms with van der Waals surface area (Å²) in [5.41, 5.74) is 2.13. The number of aliphatic hydroxyl groups excluding tert-OH is 1. The first-order valence-corrected chi connectivity index (χ1v) is 11.5. The van der Waals surface area contributed by atoms with E-state index in [2.05, 4.69) is 23.7 Å². The van der Waals surface area contributed by atoms with Gasteiger partial charge >= 0.3 is 0 Å². The Morgan fingerprint density at radius 1 is 1.39 bits per heavy atom. The van der Waals surface area contributed by atoms with Crippen LogP contribution in [-0.4, -0.2) is 46.8 Å². The minimum Gasteiger partial charge on any atom is -0.396 e. The molecular weight excluding hydrogens is 423 g/mol. The molecule has 164 valence electrons. The van der Waals surface area contributed by atoms with Gasteiger partial charge in [-0.25, -0.2) is 18.3 Å². The van der Waals surface area contributed by atoms with Gasteiger partial charge in [-0.1, -0.05) is 5.92 Å². The third kappa shape index (κ3) is 4.75. The molecule has 7 nitrogen and oxygen atoms in total. The van der Waals surface area contributed by atoms with Crippen LogP contribution in [0, 0.1) is 41.3 Å². The molecule has 3 N–H and O–H groups in total. The van der Waals surface area contributed by atoms with Crippen LogP contribution in [0.3, 0.4) is 0 Å². The highest BCUT2D eigenvalue weighted by Gasteiger charge is 2.43. The summed E-state index contributed by atoms with van der Waals surface area (Å²) in [6.45, 7) is 1.46. The molecule has 1 aliphatic rings. The van der Waals surface area contributed by atoms with Gasteiger partial charge in [0, 0.05) is 36.9 Å². The standard InChI is InChI=1S/C22H23FN2O5S/c1-22(21(27)24-28,31(2,29)30)8-10-25-9-7-17-12-16(19(23)13-20(17)25)6-4-3-5-15-11-18(15)14-26/h7,9,12-13,15,18,26,28H,8,10-11,14H2,1-2H3,(H,24,27)/t15?,18?,22-/m1/s1. The van der Waals surface area contributed by atoms with Crippen molar-refractivity contribution in [2.45, 2.75) is 31.1 Å². The number of aryl methyl sites for hydroxylation is 1. The highest BCUT2D eigenvalue weighted by molar-refractivity contribution is 7.92. The predicted molar refractivity (Wildman–Crippen MR) is 113 cm³/mol. The summed E-state index contributed by atoms with van der Waals surface area (Å²) in [6, 6.07) is 4.63. The van der Waals surface area contributed by atoms with Crippen LogP contribution in [0.4, 0.5) is 4.39 Å². The monoisotopic (exact) mass is 446 g/mol. The molecule has 1 aliphatic carbocycles. The van der Waals surface area contributed by atoms with Gasteiger partial charge in [0.15, 0.2) is 14.6 Å². The predicted octanol–water partition coefficient (Wildman–Crippen LogP) is 1.46. The van der Waals surface area contributed by atoms with E-state index < -0.39 is 26.3 Å².